The molecule has 2 N–H and O–H groups in total. The summed E-state index contributed by atoms with van der Waals surface area (Å²) in [6.07, 6.45) is 2.50. The van der Waals surface area contributed by atoms with E-state index in [9.17, 15) is 23.6 Å². The van der Waals surface area contributed by atoms with E-state index in [0.29, 0.717) is 22.6 Å². The van der Waals surface area contributed by atoms with Gasteiger partial charge in [0.1, 0.15) is 12.4 Å². The fraction of sp³-hybridized carbons (Fsp3) is 0.0625. The van der Waals surface area contributed by atoms with Crippen molar-refractivity contribution < 1.29 is 23.6 Å². The van der Waals surface area contributed by atoms with E-state index in [1.54, 1.807) is 5.38 Å². The summed E-state index contributed by atoms with van der Waals surface area (Å²) in [5.41, 5.74) is 0.326. The molecule has 0 unspecified atom stereocenters. The first-order valence-corrected chi connectivity index (χ1v) is 9.13. The lowest BCUT2D eigenvalue weighted by Gasteiger charge is -2.12. The number of thiazole rings is 1. The maximum absolute atomic E-state index is 12.9. The first kappa shape index (κ1) is 18.7. The van der Waals surface area contributed by atoms with Gasteiger partial charge in [-0.25, -0.2) is 9.37 Å². The molecule has 27 heavy (non-hydrogen) atoms. The predicted octanol–water partition coefficient (Wildman–Crippen LogP) is 2.44. The Balaban J connectivity index is 1.61. The molecule has 1 fully saturated rings. The van der Waals surface area contributed by atoms with Gasteiger partial charge in [-0.3, -0.25) is 29.4 Å². The number of thioether (sulfide) groups is 1. The third kappa shape index (κ3) is 4.77. The quantitative estimate of drug-likeness (QED) is 0.739. The highest BCUT2D eigenvalue weighted by Gasteiger charge is 2.36. The lowest BCUT2D eigenvalue weighted by molar-refractivity contribution is -0.127. The van der Waals surface area contributed by atoms with Crippen molar-refractivity contribution in [3.63, 3.8) is 0 Å². The van der Waals surface area contributed by atoms with Gasteiger partial charge in [0.2, 0.25) is 5.91 Å². The highest BCUT2D eigenvalue weighted by Crippen LogP contribution is 2.30. The number of carbonyl (C=O) groups excluding carboxylic acids is 4. The molecule has 1 aromatic heterocycles. The van der Waals surface area contributed by atoms with Gasteiger partial charge in [-0.05, 0) is 36.0 Å². The van der Waals surface area contributed by atoms with Gasteiger partial charge in [-0.15, -0.1) is 11.3 Å². The summed E-state index contributed by atoms with van der Waals surface area (Å²) in [6, 6.07) is 5.03. The highest BCUT2D eigenvalue weighted by atomic mass is 32.2. The van der Waals surface area contributed by atoms with E-state index in [1.165, 1.54) is 41.8 Å². The van der Waals surface area contributed by atoms with Gasteiger partial charge < -0.3 is 5.32 Å². The Labute approximate surface area is 160 Å². The number of benzene rings is 1. The average Bonchev–Trinajstić information content (AvgIpc) is 3.21. The Bertz CT molecular complexity index is 928. The lowest BCUT2D eigenvalue weighted by Crippen LogP contribution is -2.36. The minimum absolute atomic E-state index is 0.0939. The number of amides is 4. The number of rotatable bonds is 5. The molecule has 1 saturated heterocycles. The predicted molar refractivity (Wildman–Crippen MR) is 98.6 cm³/mol. The Morgan fingerprint density at radius 3 is 2.59 bits per heavy atom. The van der Waals surface area contributed by atoms with E-state index in [-0.39, 0.29) is 4.91 Å². The third-order valence-electron chi connectivity index (χ3n) is 3.23. The fourth-order valence-corrected chi connectivity index (χ4v) is 3.40. The zero-order chi connectivity index (χ0) is 19.4. The summed E-state index contributed by atoms with van der Waals surface area (Å²) < 4.78 is 12.9. The van der Waals surface area contributed by atoms with E-state index in [4.69, 9.17) is 0 Å². The molecular weight excluding hydrogens is 395 g/mol. The number of imide groups is 1. The van der Waals surface area contributed by atoms with E-state index < -0.39 is 35.3 Å². The van der Waals surface area contributed by atoms with Gasteiger partial charge in [-0.1, -0.05) is 0 Å². The first-order chi connectivity index (χ1) is 12.9. The maximum Gasteiger partial charge on any atom is 0.294 e. The van der Waals surface area contributed by atoms with Crippen LogP contribution in [0.5, 0.6) is 0 Å². The number of hydrogen-bond donors (Lipinski definition) is 2. The van der Waals surface area contributed by atoms with Crippen molar-refractivity contribution in [2.24, 2.45) is 0 Å². The van der Waals surface area contributed by atoms with Crippen molar-refractivity contribution in [3.05, 3.63) is 52.6 Å². The zero-order valence-electron chi connectivity index (χ0n) is 13.5. The number of halogens is 1. The summed E-state index contributed by atoms with van der Waals surface area (Å²) in [4.78, 5) is 52.7. The minimum Gasteiger partial charge on any atom is -0.325 e. The molecule has 0 radical (unpaired) electrons. The van der Waals surface area contributed by atoms with Crippen LogP contribution in [0, 0.1) is 5.82 Å². The van der Waals surface area contributed by atoms with Crippen molar-refractivity contribution >= 4 is 56.9 Å². The van der Waals surface area contributed by atoms with Gasteiger partial charge in [-0.2, -0.15) is 0 Å². The molecule has 4 amide bonds. The van der Waals surface area contributed by atoms with Crippen LogP contribution in [0.4, 0.5) is 20.0 Å². The van der Waals surface area contributed by atoms with Gasteiger partial charge >= 0.3 is 0 Å². The normalized spacial score (nSPS) is 15.3. The van der Waals surface area contributed by atoms with Crippen LogP contribution in [-0.4, -0.2) is 39.4 Å². The number of hydrogen-bond acceptors (Lipinski definition) is 7. The Kier molecular flexibility index (Phi) is 5.62. The van der Waals surface area contributed by atoms with Gasteiger partial charge in [0.05, 0.1) is 4.91 Å². The molecule has 0 atom stereocenters. The third-order valence-corrected chi connectivity index (χ3v) is 4.82. The van der Waals surface area contributed by atoms with Gasteiger partial charge in [0.15, 0.2) is 5.13 Å². The van der Waals surface area contributed by atoms with Crippen molar-refractivity contribution in [1.82, 2.24) is 9.88 Å². The summed E-state index contributed by atoms with van der Waals surface area (Å²) in [5.74, 6) is -2.43. The zero-order valence-corrected chi connectivity index (χ0v) is 15.1. The molecular formula is C16H11FN4O4S2. The summed E-state index contributed by atoms with van der Waals surface area (Å²) >= 11 is 1.77. The maximum atomic E-state index is 12.9. The summed E-state index contributed by atoms with van der Waals surface area (Å²) in [6.45, 7) is -0.520. The summed E-state index contributed by atoms with van der Waals surface area (Å²) in [7, 11) is 0. The lowest BCUT2D eigenvalue weighted by atomic mass is 10.3. The van der Waals surface area contributed by atoms with Crippen LogP contribution in [0.15, 0.2) is 46.8 Å². The second-order valence-corrected chi connectivity index (χ2v) is 7.04. The topological polar surface area (TPSA) is 108 Å². The highest BCUT2D eigenvalue weighted by molar-refractivity contribution is 8.18. The van der Waals surface area contributed by atoms with Crippen LogP contribution in [0.25, 0.3) is 0 Å². The molecule has 1 aromatic carbocycles. The van der Waals surface area contributed by atoms with Crippen LogP contribution < -0.4 is 10.6 Å². The monoisotopic (exact) mass is 406 g/mol. The SMILES string of the molecule is O=C(/C=C1\SC(=O)N(CC(=O)Nc2ccc(F)cc2)C1=O)Nc1nccs1. The molecule has 2 heterocycles. The van der Waals surface area contributed by atoms with Gasteiger partial charge in [0.25, 0.3) is 17.1 Å². The van der Waals surface area contributed by atoms with E-state index in [2.05, 4.69) is 15.6 Å². The van der Waals surface area contributed by atoms with Crippen molar-refractivity contribution in [1.29, 1.82) is 0 Å². The molecule has 0 saturated carbocycles. The van der Waals surface area contributed by atoms with E-state index in [0.717, 1.165) is 11.0 Å². The largest absolute Gasteiger partial charge is 0.325 e. The number of carbonyl (C=O) groups is 4. The summed E-state index contributed by atoms with van der Waals surface area (Å²) in [5, 5.41) is 6.28. The van der Waals surface area contributed by atoms with Crippen molar-refractivity contribution in [2.75, 3.05) is 17.2 Å². The molecule has 2 aromatic rings. The second kappa shape index (κ2) is 8.10. The minimum atomic E-state index is -0.742. The standard InChI is InChI=1S/C16H11FN4O4S2/c17-9-1-3-10(4-2-9)19-13(23)8-21-14(24)11(27-16(21)25)7-12(22)20-15-18-5-6-26-15/h1-7H,8H2,(H,19,23)(H,18,20,22)/b11-7-. The van der Waals surface area contributed by atoms with Crippen LogP contribution in [0.3, 0.4) is 0 Å². The molecule has 0 bridgehead atoms. The van der Waals surface area contributed by atoms with Crippen LogP contribution >= 0.6 is 23.1 Å². The average molecular weight is 406 g/mol. The van der Waals surface area contributed by atoms with E-state index in [1.807, 2.05) is 0 Å². The van der Waals surface area contributed by atoms with Crippen LogP contribution in [-0.2, 0) is 14.4 Å². The molecule has 0 aliphatic carbocycles. The molecule has 138 valence electrons. The molecule has 11 heteroatoms. The Morgan fingerprint density at radius 1 is 1.19 bits per heavy atom. The van der Waals surface area contributed by atoms with Crippen LogP contribution in [0.1, 0.15) is 0 Å². The number of aromatic nitrogens is 1. The molecule has 1 aliphatic heterocycles. The molecule has 0 spiro atoms. The smallest absolute Gasteiger partial charge is 0.294 e. The molecule has 3 rings (SSSR count). The Hall–Kier alpha value is -3.05. The Morgan fingerprint density at radius 2 is 1.93 bits per heavy atom. The van der Waals surface area contributed by atoms with E-state index >= 15 is 0 Å². The molecule has 1 aliphatic rings. The number of anilines is 2. The second-order valence-electron chi connectivity index (χ2n) is 5.15. The number of nitrogens with zero attached hydrogens (tertiary/aromatic N) is 2. The first-order valence-electron chi connectivity index (χ1n) is 7.43. The number of nitrogens with one attached hydrogen (secondary N) is 2. The van der Waals surface area contributed by atoms with Gasteiger partial charge in [0, 0.05) is 23.3 Å². The van der Waals surface area contributed by atoms with Crippen LogP contribution in [0.2, 0.25) is 0 Å². The fourth-order valence-electron chi connectivity index (χ4n) is 2.06. The molecule has 8 nitrogen and oxygen atoms in total. The van der Waals surface area contributed by atoms with Crippen molar-refractivity contribution in [3.8, 4) is 0 Å². The van der Waals surface area contributed by atoms with Crippen molar-refractivity contribution in [2.45, 2.75) is 0 Å².